The highest BCUT2D eigenvalue weighted by atomic mass is 32.2. The molecule has 0 unspecified atom stereocenters. The Balaban J connectivity index is 1.91. The first kappa shape index (κ1) is 21.5. The number of fused-ring (bicyclic) bond motifs is 1. The van der Waals surface area contributed by atoms with Crippen LogP contribution < -0.4 is 15.0 Å². The molecule has 4 aromatic rings. The number of nitrogens with one attached hydrogen (secondary N) is 2. The van der Waals surface area contributed by atoms with Crippen molar-refractivity contribution < 1.29 is 26.3 Å². The lowest BCUT2D eigenvalue weighted by molar-refractivity contribution is 0.436. The first-order valence-electron chi connectivity index (χ1n) is 9.15. The fourth-order valence-electron chi connectivity index (χ4n) is 3.38. The number of nitrogens with zero attached hydrogens (tertiary/aromatic N) is 1. The molecule has 0 amide bonds. The number of aromatic amines is 1. The fraction of sp³-hybridized carbons (Fsp3) is 0.0952. The molecule has 4 rings (SSSR count). The van der Waals surface area contributed by atoms with E-state index in [1.807, 2.05) is 0 Å². The van der Waals surface area contributed by atoms with Crippen molar-refractivity contribution in [1.82, 2.24) is 9.55 Å². The minimum atomic E-state index is -3.83. The standard InChI is InChI=1S/C21H16F3N3O4S/c1-27-10-14(12-5-6-25-21(28)20(12)27)13-8-17(26-32(2,29)30)19(9-15(13)23)31-18-4-3-11(22)7-16(18)24/h3-10,26H,1-2H3,(H,25,28). The molecule has 0 saturated heterocycles. The molecule has 0 aliphatic rings. The van der Waals surface area contributed by atoms with E-state index in [2.05, 4.69) is 9.71 Å². The molecule has 0 aliphatic heterocycles. The lowest BCUT2D eigenvalue weighted by atomic mass is 10.0. The summed E-state index contributed by atoms with van der Waals surface area (Å²) in [5.41, 5.74) is 0.0713. The van der Waals surface area contributed by atoms with Gasteiger partial charge in [0.2, 0.25) is 10.0 Å². The quantitative estimate of drug-likeness (QED) is 0.466. The normalized spacial score (nSPS) is 11.7. The minimum absolute atomic E-state index is 0.0146. The minimum Gasteiger partial charge on any atom is -0.452 e. The monoisotopic (exact) mass is 463 g/mol. The van der Waals surface area contributed by atoms with E-state index in [0.717, 1.165) is 24.5 Å². The largest absolute Gasteiger partial charge is 0.452 e. The number of rotatable bonds is 5. The van der Waals surface area contributed by atoms with Gasteiger partial charge in [-0.15, -0.1) is 0 Å². The second kappa shape index (κ2) is 7.75. The van der Waals surface area contributed by atoms with Crippen molar-refractivity contribution in [2.24, 2.45) is 7.05 Å². The van der Waals surface area contributed by atoms with Crippen LogP contribution in [0, 0.1) is 17.5 Å². The van der Waals surface area contributed by atoms with Crippen molar-refractivity contribution in [3.63, 3.8) is 0 Å². The van der Waals surface area contributed by atoms with Gasteiger partial charge in [-0.25, -0.2) is 21.6 Å². The number of aromatic nitrogens is 2. The van der Waals surface area contributed by atoms with Gasteiger partial charge < -0.3 is 14.3 Å². The number of hydrogen-bond acceptors (Lipinski definition) is 4. The van der Waals surface area contributed by atoms with E-state index >= 15 is 4.39 Å². The summed E-state index contributed by atoms with van der Waals surface area (Å²) >= 11 is 0. The van der Waals surface area contributed by atoms with Gasteiger partial charge in [-0.2, -0.15) is 0 Å². The molecule has 11 heteroatoms. The van der Waals surface area contributed by atoms with Crippen molar-refractivity contribution in [3.05, 3.63) is 76.6 Å². The van der Waals surface area contributed by atoms with Crippen LogP contribution in [0.15, 0.2) is 53.6 Å². The van der Waals surface area contributed by atoms with Gasteiger partial charge in [0.25, 0.3) is 5.56 Å². The molecule has 2 aromatic carbocycles. The third-order valence-corrected chi connectivity index (χ3v) is 5.26. The van der Waals surface area contributed by atoms with E-state index in [-0.39, 0.29) is 22.6 Å². The number of H-pyrrole nitrogens is 1. The fourth-order valence-corrected chi connectivity index (χ4v) is 3.94. The van der Waals surface area contributed by atoms with Crippen molar-refractivity contribution in [2.45, 2.75) is 0 Å². The van der Waals surface area contributed by atoms with Crippen LogP contribution in [0.2, 0.25) is 0 Å². The molecule has 2 aromatic heterocycles. The zero-order valence-corrected chi connectivity index (χ0v) is 17.6. The summed E-state index contributed by atoms with van der Waals surface area (Å²) in [6.07, 6.45) is 3.83. The molecule has 0 atom stereocenters. The summed E-state index contributed by atoms with van der Waals surface area (Å²) in [6, 6.07) is 6.18. The van der Waals surface area contributed by atoms with Gasteiger partial charge in [0.15, 0.2) is 17.3 Å². The number of ether oxygens (including phenoxy) is 1. The van der Waals surface area contributed by atoms with Crippen LogP contribution in [0.25, 0.3) is 22.0 Å². The van der Waals surface area contributed by atoms with Gasteiger partial charge in [0, 0.05) is 48.1 Å². The Kier molecular flexibility index (Phi) is 5.21. The van der Waals surface area contributed by atoms with E-state index in [0.29, 0.717) is 22.5 Å². The van der Waals surface area contributed by atoms with Crippen molar-refractivity contribution in [1.29, 1.82) is 0 Å². The Morgan fingerprint density at radius 1 is 1.00 bits per heavy atom. The first-order valence-corrected chi connectivity index (χ1v) is 11.0. The highest BCUT2D eigenvalue weighted by Crippen LogP contribution is 2.39. The number of aryl methyl sites for hydroxylation is 1. The Morgan fingerprint density at radius 2 is 1.75 bits per heavy atom. The predicted octanol–water partition coefficient (Wildman–Crippen LogP) is 4.11. The topological polar surface area (TPSA) is 93.2 Å². The van der Waals surface area contributed by atoms with Crippen LogP contribution in [-0.4, -0.2) is 24.2 Å². The molecule has 0 bridgehead atoms. The molecule has 0 spiro atoms. The molecule has 0 saturated carbocycles. The van der Waals surface area contributed by atoms with Crippen LogP contribution in [0.3, 0.4) is 0 Å². The maximum Gasteiger partial charge on any atom is 0.272 e. The van der Waals surface area contributed by atoms with Crippen molar-refractivity contribution in [3.8, 4) is 22.6 Å². The maximum absolute atomic E-state index is 15.1. The Morgan fingerprint density at radius 3 is 2.44 bits per heavy atom. The van der Waals surface area contributed by atoms with E-state index < -0.39 is 33.2 Å². The van der Waals surface area contributed by atoms with E-state index in [1.54, 1.807) is 13.1 Å². The van der Waals surface area contributed by atoms with Gasteiger partial charge in [-0.3, -0.25) is 9.52 Å². The number of sulfonamides is 1. The third kappa shape index (κ3) is 4.06. The molecule has 166 valence electrons. The Bertz CT molecular complexity index is 1530. The van der Waals surface area contributed by atoms with E-state index in [9.17, 15) is 22.0 Å². The van der Waals surface area contributed by atoms with Gasteiger partial charge in [0.1, 0.15) is 17.2 Å². The smallest absolute Gasteiger partial charge is 0.272 e. The molecule has 2 heterocycles. The maximum atomic E-state index is 15.1. The number of anilines is 1. The van der Waals surface area contributed by atoms with Gasteiger partial charge >= 0.3 is 0 Å². The first-order chi connectivity index (χ1) is 15.0. The Hall–Kier alpha value is -3.73. The third-order valence-electron chi connectivity index (χ3n) is 4.67. The van der Waals surface area contributed by atoms with E-state index in [1.165, 1.54) is 23.0 Å². The molecule has 0 radical (unpaired) electrons. The summed E-state index contributed by atoms with van der Waals surface area (Å²) in [5, 5.41) is 0.443. The summed E-state index contributed by atoms with van der Waals surface area (Å²) in [5.74, 6) is -3.45. The second-order valence-electron chi connectivity index (χ2n) is 7.10. The lowest BCUT2D eigenvalue weighted by Gasteiger charge is -2.15. The van der Waals surface area contributed by atoms with Crippen molar-refractivity contribution >= 4 is 26.6 Å². The zero-order valence-electron chi connectivity index (χ0n) is 16.7. The lowest BCUT2D eigenvalue weighted by Crippen LogP contribution is -2.11. The van der Waals surface area contributed by atoms with Gasteiger partial charge in [-0.05, 0) is 24.3 Å². The molecule has 2 N–H and O–H groups in total. The van der Waals surface area contributed by atoms with Crippen LogP contribution >= 0.6 is 0 Å². The average molecular weight is 463 g/mol. The molecular weight excluding hydrogens is 447 g/mol. The van der Waals surface area contributed by atoms with Crippen LogP contribution in [-0.2, 0) is 17.1 Å². The molecule has 0 fully saturated rings. The van der Waals surface area contributed by atoms with Crippen LogP contribution in [0.1, 0.15) is 0 Å². The molecule has 7 nitrogen and oxygen atoms in total. The molecule has 32 heavy (non-hydrogen) atoms. The summed E-state index contributed by atoms with van der Waals surface area (Å²) < 4.78 is 75.2. The summed E-state index contributed by atoms with van der Waals surface area (Å²) in [7, 11) is -2.22. The highest BCUT2D eigenvalue weighted by molar-refractivity contribution is 7.92. The molecule has 0 aliphatic carbocycles. The summed E-state index contributed by atoms with van der Waals surface area (Å²) in [6.45, 7) is 0. The number of hydrogen-bond donors (Lipinski definition) is 2. The highest BCUT2D eigenvalue weighted by Gasteiger charge is 2.20. The summed E-state index contributed by atoms with van der Waals surface area (Å²) in [4.78, 5) is 14.7. The Labute approximate surface area is 180 Å². The van der Waals surface area contributed by atoms with Crippen LogP contribution in [0.5, 0.6) is 11.5 Å². The predicted molar refractivity (Wildman–Crippen MR) is 114 cm³/mol. The van der Waals surface area contributed by atoms with Gasteiger partial charge in [0.05, 0.1) is 11.9 Å². The van der Waals surface area contributed by atoms with E-state index in [4.69, 9.17) is 4.74 Å². The zero-order chi connectivity index (χ0) is 23.2. The number of halogens is 3. The SMILES string of the molecule is Cn1cc(-c2cc(NS(C)(=O)=O)c(Oc3ccc(F)cc3F)cc2F)c2cc[nH]c(=O)c21. The molecular formula is C21H16F3N3O4S. The van der Waals surface area contributed by atoms with Gasteiger partial charge in [-0.1, -0.05) is 0 Å². The number of benzene rings is 2. The second-order valence-corrected chi connectivity index (χ2v) is 8.85. The number of pyridine rings is 1. The van der Waals surface area contributed by atoms with Crippen LogP contribution in [0.4, 0.5) is 18.9 Å². The van der Waals surface area contributed by atoms with Crippen molar-refractivity contribution in [2.75, 3.05) is 11.0 Å². The average Bonchev–Trinajstić information content (AvgIpc) is 3.02.